The first-order chi connectivity index (χ1) is 14.1. The molecule has 154 valence electrons. The van der Waals surface area contributed by atoms with E-state index >= 15 is 0 Å². The number of likely N-dealkylation sites (tertiary alicyclic amines) is 1. The van der Waals surface area contributed by atoms with Crippen molar-refractivity contribution < 1.29 is 19.3 Å². The Kier molecular flexibility index (Phi) is 5.52. The molecule has 4 rings (SSSR count). The molecule has 2 aliphatic rings. The van der Waals surface area contributed by atoms with Crippen LogP contribution in [0.5, 0.6) is 17.2 Å². The molecule has 2 aromatic carbocycles. The minimum Gasteiger partial charge on any atom is -0.497 e. The van der Waals surface area contributed by atoms with Gasteiger partial charge in [-0.05, 0) is 48.2 Å². The highest BCUT2D eigenvalue weighted by molar-refractivity contribution is 5.49. The van der Waals surface area contributed by atoms with Crippen molar-refractivity contribution in [2.75, 3.05) is 27.9 Å². The summed E-state index contributed by atoms with van der Waals surface area (Å²) in [6.45, 7) is 1.83. The Bertz CT molecular complexity index is 879. The highest BCUT2D eigenvalue weighted by atomic mass is 16.5. The highest BCUT2D eigenvalue weighted by Crippen LogP contribution is 2.48. The number of nitrogens with zero attached hydrogens (tertiary/aromatic N) is 1. The van der Waals surface area contributed by atoms with Gasteiger partial charge in [-0.15, -0.1) is 0 Å². The summed E-state index contributed by atoms with van der Waals surface area (Å²) in [4.78, 5) is 2.49. The van der Waals surface area contributed by atoms with Crippen molar-refractivity contribution in [1.82, 2.24) is 4.90 Å². The Morgan fingerprint density at radius 2 is 1.76 bits per heavy atom. The summed E-state index contributed by atoms with van der Waals surface area (Å²) in [5, 5.41) is 10.4. The Labute approximate surface area is 172 Å². The second-order valence-corrected chi connectivity index (χ2v) is 7.86. The number of aliphatic hydroxyl groups excluding tert-OH is 1. The topological polar surface area (TPSA) is 51.2 Å². The quantitative estimate of drug-likeness (QED) is 0.758. The number of methoxy groups -OCH3 is 3. The van der Waals surface area contributed by atoms with Crippen LogP contribution in [0.1, 0.15) is 24.0 Å². The first-order valence-corrected chi connectivity index (χ1v) is 10.1. The van der Waals surface area contributed by atoms with Gasteiger partial charge in [0.25, 0.3) is 0 Å². The molecule has 0 aromatic heterocycles. The van der Waals surface area contributed by atoms with Crippen LogP contribution in [0, 0.1) is 0 Å². The minimum atomic E-state index is -0.412. The van der Waals surface area contributed by atoms with Gasteiger partial charge in [-0.3, -0.25) is 4.90 Å². The molecule has 0 unspecified atom stereocenters. The fraction of sp³-hybridized carbons (Fsp3) is 0.417. The molecule has 1 fully saturated rings. The Morgan fingerprint density at radius 3 is 2.45 bits per heavy atom. The van der Waals surface area contributed by atoms with E-state index in [9.17, 15) is 5.11 Å². The Morgan fingerprint density at radius 1 is 1.00 bits per heavy atom. The van der Waals surface area contributed by atoms with Gasteiger partial charge in [0.2, 0.25) is 0 Å². The largest absolute Gasteiger partial charge is 0.497 e. The number of hydrogen-bond acceptors (Lipinski definition) is 5. The second-order valence-electron chi connectivity index (χ2n) is 7.86. The molecule has 1 aliphatic carbocycles. The average Bonchev–Trinajstić information content (AvgIpc) is 3.12. The lowest BCUT2D eigenvalue weighted by Crippen LogP contribution is -2.45. The highest BCUT2D eigenvalue weighted by Gasteiger charge is 2.49. The number of fused-ring (bicyclic) bond motifs is 1. The van der Waals surface area contributed by atoms with E-state index in [2.05, 4.69) is 35.2 Å². The molecule has 0 amide bonds. The van der Waals surface area contributed by atoms with E-state index in [0.717, 1.165) is 43.2 Å². The Hall–Kier alpha value is -2.50. The van der Waals surface area contributed by atoms with E-state index in [0.29, 0.717) is 0 Å². The zero-order chi connectivity index (χ0) is 20.4. The van der Waals surface area contributed by atoms with Crippen molar-refractivity contribution in [3.05, 3.63) is 65.7 Å². The van der Waals surface area contributed by atoms with E-state index in [1.807, 2.05) is 24.3 Å². The summed E-state index contributed by atoms with van der Waals surface area (Å²) in [5.41, 5.74) is 2.32. The van der Waals surface area contributed by atoms with Gasteiger partial charge in [0.15, 0.2) is 11.5 Å². The van der Waals surface area contributed by atoms with Crippen molar-refractivity contribution >= 4 is 0 Å². The number of rotatable bonds is 6. The number of aliphatic hydroxyl groups is 1. The first kappa shape index (κ1) is 19.8. The van der Waals surface area contributed by atoms with E-state index in [1.165, 1.54) is 11.1 Å². The standard InChI is InChI=1S/C24H29NO4/c1-27-20-7-4-17(5-8-20)16-25-13-12-24(11-10-19(26)15-23(24)25)18-6-9-21(28-2)22(14-18)29-3/h4-11,14,19,23,26H,12-13,15-16H2,1-3H3/t19-,23+,24+/m1/s1. The van der Waals surface area contributed by atoms with Crippen LogP contribution in [-0.2, 0) is 12.0 Å². The van der Waals surface area contributed by atoms with Gasteiger partial charge in [-0.2, -0.15) is 0 Å². The molecule has 1 saturated heterocycles. The van der Waals surface area contributed by atoms with Gasteiger partial charge in [-0.1, -0.05) is 30.4 Å². The van der Waals surface area contributed by atoms with Crippen LogP contribution in [0.25, 0.3) is 0 Å². The maximum Gasteiger partial charge on any atom is 0.161 e. The zero-order valence-electron chi connectivity index (χ0n) is 17.3. The lowest BCUT2D eigenvalue weighted by molar-refractivity contribution is 0.120. The van der Waals surface area contributed by atoms with Gasteiger partial charge >= 0.3 is 0 Å². The van der Waals surface area contributed by atoms with Crippen LogP contribution >= 0.6 is 0 Å². The molecule has 1 heterocycles. The van der Waals surface area contributed by atoms with Crippen LogP contribution in [-0.4, -0.2) is 50.0 Å². The summed E-state index contributed by atoms with van der Waals surface area (Å²) >= 11 is 0. The van der Waals surface area contributed by atoms with Gasteiger partial charge in [0.05, 0.1) is 27.4 Å². The third-order valence-electron chi connectivity index (χ3n) is 6.39. The predicted octanol–water partition coefficient (Wildman–Crippen LogP) is 3.55. The summed E-state index contributed by atoms with van der Waals surface area (Å²) in [5.74, 6) is 2.34. The molecule has 0 spiro atoms. The summed E-state index contributed by atoms with van der Waals surface area (Å²) in [7, 11) is 5.01. The minimum absolute atomic E-state index is 0.134. The van der Waals surface area contributed by atoms with Gasteiger partial charge < -0.3 is 19.3 Å². The fourth-order valence-corrected chi connectivity index (χ4v) is 4.83. The van der Waals surface area contributed by atoms with Crippen molar-refractivity contribution in [3.63, 3.8) is 0 Å². The van der Waals surface area contributed by atoms with Crippen LogP contribution in [0.3, 0.4) is 0 Å². The molecule has 0 saturated carbocycles. The molecule has 0 bridgehead atoms. The van der Waals surface area contributed by atoms with Crippen molar-refractivity contribution in [1.29, 1.82) is 0 Å². The summed E-state index contributed by atoms with van der Waals surface area (Å²) in [6, 6.07) is 14.7. The molecule has 3 atom stereocenters. The van der Waals surface area contributed by atoms with Crippen molar-refractivity contribution in [2.24, 2.45) is 0 Å². The maximum atomic E-state index is 10.4. The van der Waals surface area contributed by atoms with E-state index < -0.39 is 6.10 Å². The number of ether oxygens (including phenoxy) is 3. The lowest BCUT2D eigenvalue weighted by Gasteiger charge is -2.40. The monoisotopic (exact) mass is 395 g/mol. The van der Waals surface area contributed by atoms with Crippen LogP contribution in [0.2, 0.25) is 0 Å². The molecule has 29 heavy (non-hydrogen) atoms. The molecular formula is C24H29NO4. The van der Waals surface area contributed by atoms with E-state index in [-0.39, 0.29) is 11.5 Å². The predicted molar refractivity (Wildman–Crippen MR) is 113 cm³/mol. The average molecular weight is 395 g/mol. The molecule has 1 aliphatic heterocycles. The molecule has 0 radical (unpaired) electrons. The molecule has 2 aromatic rings. The molecule has 1 N–H and O–H groups in total. The third-order valence-corrected chi connectivity index (χ3v) is 6.39. The van der Waals surface area contributed by atoms with Crippen LogP contribution in [0.4, 0.5) is 0 Å². The van der Waals surface area contributed by atoms with E-state index in [1.54, 1.807) is 21.3 Å². The third kappa shape index (κ3) is 3.61. The lowest BCUT2D eigenvalue weighted by atomic mass is 9.69. The molecule has 5 heteroatoms. The van der Waals surface area contributed by atoms with Crippen LogP contribution < -0.4 is 14.2 Å². The normalized spacial score (nSPS) is 26.2. The zero-order valence-corrected chi connectivity index (χ0v) is 17.3. The summed E-state index contributed by atoms with van der Waals surface area (Å²) in [6.07, 6.45) is 5.48. The first-order valence-electron chi connectivity index (χ1n) is 10.1. The van der Waals surface area contributed by atoms with Crippen molar-refractivity contribution in [2.45, 2.75) is 36.9 Å². The van der Waals surface area contributed by atoms with Crippen molar-refractivity contribution in [3.8, 4) is 17.2 Å². The smallest absolute Gasteiger partial charge is 0.161 e. The second kappa shape index (κ2) is 8.09. The SMILES string of the molecule is COc1ccc(CN2CC[C@]3(c4ccc(OC)c(OC)c4)C=C[C@@H](O)C[C@H]23)cc1. The molecule has 5 nitrogen and oxygen atoms in total. The van der Waals surface area contributed by atoms with Gasteiger partial charge in [0, 0.05) is 24.5 Å². The Balaban J connectivity index is 1.66. The maximum absolute atomic E-state index is 10.4. The molecular weight excluding hydrogens is 366 g/mol. The summed E-state index contributed by atoms with van der Waals surface area (Å²) < 4.78 is 16.3. The fourth-order valence-electron chi connectivity index (χ4n) is 4.83. The number of hydrogen-bond donors (Lipinski definition) is 1. The van der Waals surface area contributed by atoms with E-state index in [4.69, 9.17) is 14.2 Å². The van der Waals surface area contributed by atoms with Gasteiger partial charge in [0.1, 0.15) is 5.75 Å². The number of benzene rings is 2. The van der Waals surface area contributed by atoms with Crippen LogP contribution in [0.15, 0.2) is 54.6 Å². The van der Waals surface area contributed by atoms with Gasteiger partial charge in [-0.25, -0.2) is 0 Å².